The molecule has 0 fully saturated rings. The number of ether oxygens (including phenoxy) is 1. The molecule has 0 aromatic heterocycles. The summed E-state index contributed by atoms with van der Waals surface area (Å²) < 4.78 is 5.19. The van der Waals surface area contributed by atoms with E-state index in [9.17, 15) is 4.79 Å². The van der Waals surface area contributed by atoms with E-state index >= 15 is 0 Å². The molecule has 3 nitrogen and oxygen atoms in total. The molecule has 2 rings (SSSR count). The first-order valence-corrected chi connectivity index (χ1v) is 5.84. The summed E-state index contributed by atoms with van der Waals surface area (Å²) in [6.45, 7) is 0. The molecule has 2 aromatic carbocycles. The van der Waals surface area contributed by atoms with Gasteiger partial charge < -0.3 is 9.84 Å². The van der Waals surface area contributed by atoms with Gasteiger partial charge in [-0.15, -0.1) is 0 Å². The van der Waals surface area contributed by atoms with Gasteiger partial charge in [-0.2, -0.15) is 0 Å². The Morgan fingerprint density at radius 1 is 1.11 bits per heavy atom. The second kappa shape index (κ2) is 5.87. The Kier molecular flexibility index (Phi) is 3.98. The lowest BCUT2D eigenvalue weighted by Gasteiger charge is -2.05. The van der Waals surface area contributed by atoms with Gasteiger partial charge in [0.05, 0.1) is 7.11 Å². The Bertz CT molecular complexity index is 615. The Balaban J connectivity index is 2.34. The van der Waals surface area contributed by atoms with Crippen LogP contribution in [0.1, 0.15) is 5.56 Å². The molecule has 2 aromatic rings. The van der Waals surface area contributed by atoms with Crippen LogP contribution in [0.3, 0.4) is 0 Å². The monoisotopic (exact) mass is 254 g/mol. The van der Waals surface area contributed by atoms with Crippen LogP contribution in [0.4, 0.5) is 0 Å². The summed E-state index contributed by atoms with van der Waals surface area (Å²) in [6, 6.07) is 15.4. The summed E-state index contributed by atoms with van der Waals surface area (Å²) >= 11 is 0. The lowest BCUT2D eigenvalue weighted by Crippen LogP contribution is -1.86. The van der Waals surface area contributed by atoms with E-state index in [0.717, 1.165) is 28.5 Å². The number of carboxylic acids is 1. The number of aliphatic carboxylic acids is 1. The minimum Gasteiger partial charge on any atom is -0.497 e. The molecular formula is C16H14O3. The SMILES string of the molecule is COc1cccc(-c2cccc(/C=C/C(=O)O)c2)c1. The molecule has 1 N–H and O–H groups in total. The molecule has 0 heterocycles. The van der Waals surface area contributed by atoms with Crippen molar-refractivity contribution in [2.75, 3.05) is 7.11 Å². The number of benzene rings is 2. The molecule has 19 heavy (non-hydrogen) atoms. The standard InChI is InChI=1S/C16H14O3/c1-19-15-7-3-6-14(11-15)13-5-2-4-12(10-13)8-9-16(17)18/h2-11H,1H3,(H,17,18)/b9-8+. The average molecular weight is 254 g/mol. The minimum absolute atomic E-state index is 0.795. The number of carboxylic acid groups (broad SMARTS) is 1. The highest BCUT2D eigenvalue weighted by Gasteiger charge is 2.00. The summed E-state index contributed by atoms with van der Waals surface area (Å²) in [5.41, 5.74) is 2.90. The molecule has 0 atom stereocenters. The molecule has 0 saturated carbocycles. The molecule has 0 saturated heterocycles. The lowest BCUT2D eigenvalue weighted by atomic mass is 10.0. The number of rotatable bonds is 4. The third-order valence-corrected chi connectivity index (χ3v) is 2.71. The molecule has 3 heteroatoms. The fraction of sp³-hybridized carbons (Fsp3) is 0.0625. The van der Waals surface area contributed by atoms with Gasteiger partial charge in [0.1, 0.15) is 5.75 Å². The molecule has 0 spiro atoms. The number of carbonyl (C=O) groups is 1. The third-order valence-electron chi connectivity index (χ3n) is 2.71. The van der Waals surface area contributed by atoms with Crippen molar-refractivity contribution in [2.45, 2.75) is 0 Å². The quantitative estimate of drug-likeness (QED) is 0.850. The first-order chi connectivity index (χ1) is 9.19. The zero-order valence-corrected chi connectivity index (χ0v) is 10.5. The van der Waals surface area contributed by atoms with Crippen molar-refractivity contribution >= 4 is 12.0 Å². The highest BCUT2D eigenvalue weighted by molar-refractivity contribution is 5.85. The van der Waals surface area contributed by atoms with Crippen LogP contribution in [0.15, 0.2) is 54.6 Å². The van der Waals surface area contributed by atoms with Gasteiger partial charge in [-0.25, -0.2) is 4.79 Å². The summed E-state index contributed by atoms with van der Waals surface area (Å²) in [6.07, 6.45) is 2.71. The summed E-state index contributed by atoms with van der Waals surface area (Å²) in [4.78, 5) is 10.5. The maximum Gasteiger partial charge on any atom is 0.328 e. The van der Waals surface area contributed by atoms with Gasteiger partial charge in [0.15, 0.2) is 0 Å². The van der Waals surface area contributed by atoms with E-state index in [-0.39, 0.29) is 0 Å². The van der Waals surface area contributed by atoms with Crippen molar-refractivity contribution in [3.05, 3.63) is 60.2 Å². The van der Waals surface area contributed by atoms with E-state index in [4.69, 9.17) is 9.84 Å². The van der Waals surface area contributed by atoms with Crippen LogP contribution < -0.4 is 4.74 Å². The van der Waals surface area contributed by atoms with Gasteiger partial charge in [-0.3, -0.25) is 0 Å². The van der Waals surface area contributed by atoms with Gasteiger partial charge in [0.2, 0.25) is 0 Å². The van der Waals surface area contributed by atoms with E-state index < -0.39 is 5.97 Å². The van der Waals surface area contributed by atoms with Gasteiger partial charge in [-0.05, 0) is 41.0 Å². The van der Waals surface area contributed by atoms with Crippen LogP contribution in [0.25, 0.3) is 17.2 Å². The maximum absolute atomic E-state index is 10.5. The van der Waals surface area contributed by atoms with Crippen molar-refractivity contribution in [1.29, 1.82) is 0 Å². The molecule has 0 radical (unpaired) electrons. The van der Waals surface area contributed by atoms with Crippen molar-refractivity contribution < 1.29 is 14.6 Å². The Hall–Kier alpha value is -2.55. The van der Waals surface area contributed by atoms with Gasteiger partial charge >= 0.3 is 5.97 Å². The maximum atomic E-state index is 10.5. The van der Waals surface area contributed by atoms with Crippen molar-refractivity contribution in [1.82, 2.24) is 0 Å². The van der Waals surface area contributed by atoms with Crippen molar-refractivity contribution in [2.24, 2.45) is 0 Å². The molecule has 96 valence electrons. The zero-order chi connectivity index (χ0) is 13.7. The van der Waals surface area contributed by atoms with Crippen LogP contribution in [-0.4, -0.2) is 18.2 Å². The number of hydrogen-bond donors (Lipinski definition) is 1. The molecular weight excluding hydrogens is 240 g/mol. The molecule has 0 aliphatic carbocycles. The summed E-state index contributed by atoms with van der Waals surface area (Å²) in [5, 5.41) is 8.63. The molecule has 0 bridgehead atoms. The topological polar surface area (TPSA) is 46.5 Å². The van der Waals surface area contributed by atoms with E-state index in [1.54, 1.807) is 13.2 Å². The van der Waals surface area contributed by atoms with Crippen molar-refractivity contribution in [3.63, 3.8) is 0 Å². The van der Waals surface area contributed by atoms with Crippen LogP contribution in [-0.2, 0) is 4.79 Å². The van der Waals surface area contributed by atoms with E-state index in [2.05, 4.69) is 0 Å². The molecule has 0 amide bonds. The Morgan fingerprint density at radius 3 is 2.47 bits per heavy atom. The van der Waals surface area contributed by atoms with Crippen LogP contribution in [0, 0.1) is 0 Å². The molecule has 0 unspecified atom stereocenters. The molecule has 0 aliphatic rings. The van der Waals surface area contributed by atoms with E-state index in [0.29, 0.717) is 0 Å². The zero-order valence-electron chi connectivity index (χ0n) is 10.5. The van der Waals surface area contributed by atoms with Crippen LogP contribution in [0.2, 0.25) is 0 Å². The highest BCUT2D eigenvalue weighted by atomic mass is 16.5. The minimum atomic E-state index is -0.952. The first kappa shape index (κ1) is 12.9. The fourth-order valence-corrected chi connectivity index (χ4v) is 1.79. The fourth-order valence-electron chi connectivity index (χ4n) is 1.79. The van der Waals surface area contributed by atoms with Gasteiger partial charge in [0.25, 0.3) is 0 Å². The second-order valence-electron chi connectivity index (χ2n) is 4.03. The first-order valence-electron chi connectivity index (χ1n) is 5.84. The van der Waals surface area contributed by atoms with Gasteiger partial charge in [-0.1, -0.05) is 30.3 Å². The van der Waals surface area contributed by atoms with Crippen LogP contribution >= 0.6 is 0 Å². The lowest BCUT2D eigenvalue weighted by molar-refractivity contribution is -0.131. The third kappa shape index (κ3) is 3.45. The predicted molar refractivity (Wildman–Crippen MR) is 75.1 cm³/mol. The summed E-state index contributed by atoms with van der Waals surface area (Å²) in [7, 11) is 1.63. The Morgan fingerprint density at radius 2 is 1.79 bits per heavy atom. The van der Waals surface area contributed by atoms with Crippen LogP contribution in [0.5, 0.6) is 5.75 Å². The van der Waals surface area contributed by atoms with Crippen molar-refractivity contribution in [3.8, 4) is 16.9 Å². The highest BCUT2D eigenvalue weighted by Crippen LogP contribution is 2.24. The largest absolute Gasteiger partial charge is 0.497 e. The summed E-state index contributed by atoms with van der Waals surface area (Å²) in [5.74, 6) is -0.157. The predicted octanol–water partition coefficient (Wildman–Crippen LogP) is 3.46. The van der Waals surface area contributed by atoms with E-state index in [1.807, 2.05) is 48.5 Å². The number of methoxy groups -OCH3 is 1. The van der Waals surface area contributed by atoms with E-state index in [1.165, 1.54) is 0 Å². The Labute approximate surface area is 111 Å². The molecule has 0 aliphatic heterocycles. The second-order valence-corrected chi connectivity index (χ2v) is 4.03. The van der Waals surface area contributed by atoms with Gasteiger partial charge in [0, 0.05) is 6.08 Å². The number of hydrogen-bond acceptors (Lipinski definition) is 2. The average Bonchev–Trinajstić information content (AvgIpc) is 2.45. The normalized spacial score (nSPS) is 10.6. The smallest absolute Gasteiger partial charge is 0.328 e.